The summed E-state index contributed by atoms with van der Waals surface area (Å²) < 4.78 is 11.6. The number of benzene rings is 1. The summed E-state index contributed by atoms with van der Waals surface area (Å²) in [5.74, 6) is 1.59. The number of thioether (sulfide) groups is 1. The van der Waals surface area contributed by atoms with Crippen molar-refractivity contribution in [2.24, 2.45) is 0 Å². The Hall–Kier alpha value is -1.99. The first-order valence-corrected chi connectivity index (χ1v) is 9.82. The zero-order valence-electron chi connectivity index (χ0n) is 13.6. The Bertz CT molecular complexity index is 1060. The number of furan rings is 2. The summed E-state index contributed by atoms with van der Waals surface area (Å²) in [7, 11) is 0. The fraction of sp³-hybridized carbons (Fsp3) is 0.0526. The zero-order chi connectivity index (χ0) is 19.0. The molecule has 1 aliphatic heterocycles. The topological polar surface area (TPSA) is 46.6 Å². The Labute approximate surface area is 174 Å². The lowest BCUT2D eigenvalue weighted by Gasteiger charge is -2.11. The van der Waals surface area contributed by atoms with Gasteiger partial charge < -0.3 is 8.83 Å². The highest BCUT2D eigenvalue weighted by Crippen LogP contribution is 2.36. The molecule has 4 rings (SSSR count). The van der Waals surface area contributed by atoms with Crippen molar-refractivity contribution in [1.29, 1.82) is 0 Å². The maximum Gasteiger partial charge on any atom is 0.266 e. The van der Waals surface area contributed by atoms with Crippen molar-refractivity contribution in [3.63, 3.8) is 0 Å². The van der Waals surface area contributed by atoms with Crippen molar-refractivity contribution < 1.29 is 13.6 Å². The van der Waals surface area contributed by atoms with E-state index >= 15 is 0 Å². The van der Waals surface area contributed by atoms with Gasteiger partial charge in [-0.3, -0.25) is 9.69 Å². The van der Waals surface area contributed by atoms with Crippen LogP contribution in [0.25, 0.3) is 17.4 Å². The smallest absolute Gasteiger partial charge is 0.266 e. The van der Waals surface area contributed by atoms with Gasteiger partial charge >= 0.3 is 0 Å². The Kier molecular flexibility index (Phi) is 5.14. The van der Waals surface area contributed by atoms with Crippen molar-refractivity contribution in [3.05, 3.63) is 75.2 Å². The third kappa shape index (κ3) is 3.84. The van der Waals surface area contributed by atoms with Crippen molar-refractivity contribution in [2.75, 3.05) is 0 Å². The van der Waals surface area contributed by atoms with E-state index in [1.807, 2.05) is 0 Å². The minimum atomic E-state index is -0.180. The van der Waals surface area contributed by atoms with Gasteiger partial charge in [-0.25, -0.2) is 0 Å². The number of carbonyl (C=O) groups is 1. The summed E-state index contributed by atoms with van der Waals surface area (Å²) in [4.78, 5) is 14.6. The number of amides is 1. The molecule has 1 saturated heterocycles. The average Bonchev–Trinajstić information content (AvgIpc) is 3.36. The van der Waals surface area contributed by atoms with E-state index in [0.29, 0.717) is 48.7 Å². The molecule has 3 heterocycles. The van der Waals surface area contributed by atoms with Crippen LogP contribution in [0.1, 0.15) is 11.5 Å². The average molecular weight is 436 g/mol. The molecule has 0 aliphatic carbocycles. The van der Waals surface area contributed by atoms with E-state index in [-0.39, 0.29) is 5.91 Å². The summed E-state index contributed by atoms with van der Waals surface area (Å²) in [6.45, 7) is 0.302. The summed E-state index contributed by atoms with van der Waals surface area (Å²) in [6, 6.07) is 12.3. The first-order chi connectivity index (χ1) is 13.0. The van der Waals surface area contributed by atoms with E-state index in [1.54, 1.807) is 54.8 Å². The molecular weight excluding hydrogens is 425 g/mol. The van der Waals surface area contributed by atoms with Gasteiger partial charge in [-0.1, -0.05) is 47.2 Å². The SMILES string of the molecule is O=C1C(=Cc2ccc(-c3cc(Cl)ccc3Cl)o2)SC(=S)N1Cc1ccco1. The first kappa shape index (κ1) is 18.4. The quantitative estimate of drug-likeness (QED) is 0.358. The lowest BCUT2D eigenvalue weighted by Crippen LogP contribution is -2.27. The second kappa shape index (κ2) is 7.56. The molecule has 27 heavy (non-hydrogen) atoms. The van der Waals surface area contributed by atoms with Gasteiger partial charge in [-0.15, -0.1) is 0 Å². The van der Waals surface area contributed by atoms with Crippen molar-refractivity contribution in [3.8, 4) is 11.3 Å². The predicted molar refractivity (Wildman–Crippen MR) is 112 cm³/mol. The Balaban J connectivity index is 1.57. The molecule has 4 nitrogen and oxygen atoms in total. The summed E-state index contributed by atoms with van der Waals surface area (Å²) in [5.41, 5.74) is 0.689. The molecule has 1 aromatic carbocycles. The van der Waals surface area contributed by atoms with Gasteiger partial charge in [0, 0.05) is 16.7 Å². The van der Waals surface area contributed by atoms with Crippen LogP contribution in [0.15, 0.2) is 62.5 Å². The molecule has 1 fully saturated rings. The molecular formula is C19H11Cl2NO3S2. The lowest BCUT2D eigenvalue weighted by atomic mass is 10.2. The van der Waals surface area contributed by atoms with Gasteiger partial charge in [0.1, 0.15) is 21.6 Å². The molecule has 0 N–H and O–H groups in total. The Morgan fingerprint density at radius 2 is 2.04 bits per heavy atom. The number of hydrogen-bond acceptors (Lipinski definition) is 5. The molecule has 2 aromatic heterocycles. The van der Waals surface area contributed by atoms with Gasteiger partial charge in [0.05, 0.1) is 22.7 Å². The molecule has 0 bridgehead atoms. The van der Waals surface area contributed by atoms with Crippen LogP contribution in [-0.4, -0.2) is 15.1 Å². The second-order valence-electron chi connectivity index (χ2n) is 5.67. The minimum Gasteiger partial charge on any atom is -0.467 e. The molecule has 1 aliphatic rings. The molecule has 3 aromatic rings. The fourth-order valence-corrected chi connectivity index (χ4v) is 4.20. The van der Waals surface area contributed by atoms with E-state index in [2.05, 4.69) is 0 Å². The van der Waals surface area contributed by atoms with Crippen LogP contribution < -0.4 is 0 Å². The van der Waals surface area contributed by atoms with Crippen LogP contribution in [-0.2, 0) is 11.3 Å². The number of thiocarbonyl (C=S) groups is 1. The maximum atomic E-state index is 12.6. The van der Waals surface area contributed by atoms with E-state index in [9.17, 15) is 4.79 Å². The molecule has 0 radical (unpaired) electrons. The number of hydrogen-bond donors (Lipinski definition) is 0. The summed E-state index contributed by atoms with van der Waals surface area (Å²) in [6.07, 6.45) is 3.23. The predicted octanol–water partition coefficient (Wildman–Crippen LogP) is 6.25. The van der Waals surface area contributed by atoms with Crippen LogP contribution >= 0.6 is 47.2 Å². The van der Waals surface area contributed by atoms with Crippen LogP contribution in [0, 0.1) is 0 Å². The minimum absolute atomic E-state index is 0.180. The molecule has 0 atom stereocenters. The van der Waals surface area contributed by atoms with E-state index in [0.717, 1.165) is 0 Å². The van der Waals surface area contributed by atoms with Crippen LogP contribution in [0.5, 0.6) is 0 Å². The van der Waals surface area contributed by atoms with Crippen molar-refractivity contribution in [1.82, 2.24) is 4.90 Å². The standard InChI is InChI=1S/C19H11Cl2NO3S2/c20-11-3-5-15(21)14(8-11)16-6-4-12(25-16)9-17-18(23)22(19(26)27-17)10-13-2-1-7-24-13/h1-9H,10H2. The molecule has 8 heteroatoms. The van der Waals surface area contributed by atoms with E-state index < -0.39 is 0 Å². The molecule has 0 unspecified atom stereocenters. The van der Waals surface area contributed by atoms with Gasteiger partial charge in [0.2, 0.25) is 0 Å². The summed E-state index contributed by atoms with van der Waals surface area (Å²) in [5, 5.41) is 1.09. The number of carbonyl (C=O) groups excluding carboxylic acids is 1. The third-order valence-corrected chi connectivity index (χ3v) is 5.80. The first-order valence-electron chi connectivity index (χ1n) is 7.84. The van der Waals surface area contributed by atoms with Gasteiger partial charge in [0.25, 0.3) is 5.91 Å². The third-order valence-electron chi connectivity index (χ3n) is 3.86. The molecule has 0 saturated carbocycles. The van der Waals surface area contributed by atoms with E-state index in [4.69, 9.17) is 44.3 Å². The second-order valence-corrected chi connectivity index (χ2v) is 8.19. The zero-order valence-corrected chi connectivity index (χ0v) is 16.8. The summed E-state index contributed by atoms with van der Waals surface area (Å²) >= 11 is 18.8. The Morgan fingerprint density at radius 3 is 2.81 bits per heavy atom. The number of rotatable bonds is 4. The van der Waals surface area contributed by atoms with Crippen LogP contribution in [0.2, 0.25) is 10.0 Å². The van der Waals surface area contributed by atoms with E-state index in [1.165, 1.54) is 16.7 Å². The highest BCUT2D eigenvalue weighted by Gasteiger charge is 2.32. The van der Waals surface area contributed by atoms with Crippen molar-refractivity contribution in [2.45, 2.75) is 6.54 Å². The molecule has 1 amide bonds. The van der Waals surface area contributed by atoms with Gasteiger partial charge in [0.15, 0.2) is 0 Å². The van der Waals surface area contributed by atoms with Crippen LogP contribution in [0.3, 0.4) is 0 Å². The normalized spacial score (nSPS) is 15.9. The number of halogens is 2. The maximum absolute atomic E-state index is 12.6. The highest BCUT2D eigenvalue weighted by atomic mass is 35.5. The number of nitrogens with zero attached hydrogens (tertiary/aromatic N) is 1. The van der Waals surface area contributed by atoms with Crippen molar-refractivity contribution >= 4 is 63.5 Å². The Morgan fingerprint density at radius 1 is 1.19 bits per heavy atom. The lowest BCUT2D eigenvalue weighted by molar-refractivity contribution is -0.122. The van der Waals surface area contributed by atoms with Crippen LogP contribution in [0.4, 0.5) is 0 Å². The monoisotopic (exact) mass is 435 g/mol. The highest BCUT2D eigenvalue weighted by molar-refractivity contribution is 8.26. The molecule has 136 valence electrons. The van der Waals surface area contributed by atoms with Gasteiger partial charge in [-0.05, 0) is 42.5 Å². The largest absolute Gasteiger partial charge is 0.467 e. The molecule has 0 spiro atoms. The fourth-order valence-electron chi connectivity index (χ4n) is 2.59. The van der Waals surface area contributed by atoms with Gasteiger partial charge in [-0.2, -0.15) is 0 Å².